The SMILES string of the molecule is O=S(=O)(C1(F)C=CC=C2N=CC=C21)C1(F)C=CC=C2N=CC=C21. The first-order valence-corrected chi connectivity index (χ1v) is 8.30. The van der Waals surface area contributed by atoms with Crippen LogP contribution in [0, 0.1) is 0 Å². The largest absolute Gasteiger partial charge is 0.260 e. The highest BCUT2D eigenvalue weighted by atomic mass is 32.2. The predicted molar refractivity (Wildman–Crippen MR) is 84.2 cm³/mol. The van der Waals surface area contributed by atoms with Gasteiger partial charge in [0, 0.05) is 23.6 Å². The van der Waals surface area contributed by atoms with Crippen LogP contribution in [0.15, 0.2) is 81.1 Å². The van der Waals surface area contributed by atoms with E-state index in [2.05, 4.69) is 9.98 Å². The Balaban J connectivity index is 1.89. The van der Waals surface area contributed by atoms with Crippen LogP contribution < -0.4 is 0 Å². The van der Waals surface area contributed by atoms with Crippen LogP contribution in [0.3, 0.4) is 0 Å². The zero-order chi connectivity index (χ0) is 16.3. The smallest absolute Gasteiger partial charge is 0.256 e. The first kappa shape index (κ1) is 14.2. The van der Waals surface area contributed by atoms with E-state index in [9.17, 15) is 8.42 Å². The number of aliphatic imine (C=N–C) groups is 2. The molecule has 0 amide bonds. The highest BCUT2D eigenvalue weighted by molar-refractivity contribution is 7.94. The summed E-state index contributed by atoms with van der Waals surface area (Å²) in [5, 5.41) is -6.00. The third-order valence-electron chi connectivity index (χ3n) is 4.11. The number of rotatable bonds is 2. The zero-order valence-corrected chi connectivity index (χ0v) is 12.5. The Morgan fingerprint density at radius 1 is 0.783 bits per heavy atom. The molecular weight excluding hydrogens is 322 g/mol. The molecule has 0 radical (unpaired) electrons. The summed E-state index contributed by atoms with van der Waals surface area (Å²) in [5.41, 5.74) is -0.00847. The monoisotopic (exact) mass is 332 g/mol. The number of hydrogen-bond donors (Lipinski definition) is 0. The quantitative estimate of drug-likeness (QED) is 0.780. The fraction of sp³-hybridized carbons (Fsp3) is 0.125. The lowest BCUT2D eigenvalue weighted by molar-refractivity contribution is 0.325. The topological polar surface area (TPSA) is 58.9 Å². The van der Waals surface area contributed by atoms with Gasteiger partial charge in [-0.05, 0) is 36.5 Å². The van der Waals surface area contributed by atoms with Gasteiger partial charge in [-0.25, -0.2) is 17.2 Å². The van der Waals surface area contributed by atoms with E-state index < -0.39 is 19.8 Å². The fourth-order valence-electron chi connectivity index (χ4n) is 2.93. The second-order valence-electron chi connectivity index (χ2n) is 5.33. The molecule has 0 spiro atoms. The number of nitrogens with zero attached hydrogens (tertiary/aromatic N) is 2. The lowest BCUT2D eigenvalue weighted by Gasteiger charge is -2.34. The predicted octanol–water partition coefficient (Wildman–Crippen LogP) is 2.66. The van der Waals surface area contributed by atoms with E-state index in [0.717, 1.165) is 12.2 Å². The number of hydrogen-bond acceptors (Lipinski definition) is 4. The van der Waals surface area contributed by atoms with E-state index in [0.29, 0.717) is 0 Å². The van der Waals surface area contributed by atoms with Crippen LogP contribution in [-0.4, -0.2) is 30.8 Å². The average Bonchev–Trinajstić information content (AvgIpc) is 3.16. The Bertz CT molecular complexity index is 892. The Labute approximate surface area is 131 Å². The minimum Gasteiger partial charge on any atom is -0.256 e. The highest BCUT2D eigenvalue weighted by Gasteiger charge is 2.61. The first-order valence-electron chi connectivity index (χ1n) is 6.82. The Morgan fingerprint density at radius 3 is 1.65 bits per heavy atom. The van der Waals surface area contributed by atoms with Crippen molar-refractivity contribution in [3.63, 3.8) is 0 Å². The van der Waals surface area contributed by atoms with Crippen molar-refractivity contribution in [3.05, 3.63) is 71.1 Å². The molecule has 2 heterocycles. The molecule has 0 fully saturated rings. The molecule has 4 aliphatic rings. The van der Waals surface area contributed by atoms with Gasteiger partial charge in [0.2, 0.25) is 9.84 Å². The first-order chi connectivity index (χ1) is 10.9. The Hall–Kier alpha value is -2.41. The maximum atomic E-state index is 15.6. The Kier molecular flexibility index (Phi) is 2.67. The molecule has 23 heavy (non-hydrogen) atoms. The second-order valence-corrected chi connectivity index (χ2v) is 7.53. The molecule has 0 saturated heterocycles. The number of alkyl halides is 2. The number of halogens is 2. The summed E-state index contributed by atoms with van der Waals surface area (Å²) in [6.07, 6.45) is 12.2. The lowest BCUT2D eigenvalue weighted by atomic mass is 10.0. The third-order valence-corrected chi connectivity index (χ3v) is 6.38. The maximum absolute atomic E-state index is 15.6. The molecule has 0 aromatic heterocycles. The molecule has 0 aromatic carbocycles. The molecule has 4 nitrogen and oxygen atoms in total. The maximum Gasteiger partial charge on any atom is 0.260 e. The summed E-state index contributed by atoms with van der Waals surface area (Å²) in [4.78, 5) is 7.80. The zero-order valence-electron chi connectivity index (χ0n) is 11.6. The average molecular weight is 332 g/mol. The van der Waals surface area contributed by atoms with E-state index in [1.807, 2.05) is 0 Å². The van der Waals surface area contributed by atoms with Crippen LogP contribution in [0.4, 0.5) is 8.78 Å². The summed E-state index contributed by atoms with van der Waals surface area (Å²) in [6.45, 7) is 0. The van der Waals surface area contributed by atoms with Crippen molar-refractivity contribution in [1.29, 1.82) is 0 Å². The van der Waals surface area contributed by atoms with Crippen LogP contribution in [0.2, 0.25) is 0 Å². The van der Waals surface area contributed by atoms with Gasteiger partial charge in [0.15, 0.2) is 0 Å². The van der Waals surface area contributed by atoms with Crippen molar-refractivity contribution in [2.24, 2.45) is 9.98 Å². The van der Waals surface area contributed by atoms with Crippen molar-refractivity contribution in [3.8, 4) is 0 Å². The summed E-state index contributed by atoms with van der Waals surface area (Å²) < 4.78 is 57.1. The van der Waals surface area contributed by atoms with Gasteiger partial charge in [0.05, 0.1) is 11.4 Å². The molecule has 0 bridgehead atoms. The summed E-state index contributed by atoms with van der Waals surface area (Å²) in [5.74, 6) is 0. The molecule has 0 N–H and O–H groups in total. The molecule has 2 aliphatic heterocycles. The van der Waals surface area contributed by atoms with E-state index >= 15 is 8.78 Å². The molecule has 0 saturated carbocycles. The fourth-order valence-corrected chi connectivity index (χ4v) is 4.80. The van der Waals surface area contributed by atoms with Crippen LogP contribution in [-0.2, 0) is 9.84 Å². The van der Waals surface area contributed by atoms with Crippen molar-refractivity contribution in [2.45, 2.75) is 10.0 Å². The van der Waals surface area contributed by atoms with Crippen LogP contribution >= 0.6 is 0 Å². The minimum atomic E-state index is -4.98. The van der Waals surface area contributed by atoms with Gasteiger partial charge in [-0.2, -0.15) is 0 Å². The lowest BCUT2D eigenvalue weighted by Crippen LogP contribution is -2.48. The molecule has 2 aliphatic carbocycles. The molecule has 2 atom stereocenters. The van der Waals surface area contributed by atoms with Gasteiger partial charge in [0.1, 0.15) is 0 Å². The van der Waals surface area contributed by atoms with E-state index in [1.54, 1.807) is 0 Å². The van der Waals surface area contributed by atoms with Crippen LogP contribution in [0.5, 0.6) is 0 Å². The minimum absolute atomic E-state index is 0.175. The molecular formula is C16H10F2N2O2S. The van der Waals surface area contributed by atoms with Gasteiger partial charge in [-0.3, -0.25) is 9.98 Å². The van der Waals surface area contributed by atoms with Crippen LogP contribution in [0.1, 0.15) is 0 Å². The van der Waals surface area contributed by atoms with Crippen molar-refractivity contribution < 1.29 is 17.2 Å². The number of fused-ring (bicyclic) bond motifs is 2. The molecule has 2 unspecified atom stereocenters. The van der Waals surface area contributed by atoms with Gasteiger partial charge >= 0.3 is 0 Å². The molecule has 116 valence electrons. The Morgan fingerprint density at radius 2 is 1.22 bits per heavy atom. The van der Waals surface area contributed by atoms with E-state index in [-0.39, 0.29) is 22.5 Å². The van der Waals surface area contributed by atoms with Gasteiger partial charge < -0.3 is 0 Å². The summed E-state index contributed by atoms with van der Waals surface area (Å²) >= 11 is 0. The van der Waals surface area contributed by atoms with Crippen molar-refractivity contribution >= 4 is 22.3 Å². The normalized spacial score (nSPS) is 33.8. The highest BCUT2D eigenvalue weighted by Crippen LogP contribution is 2.50. The molecule has 7 heteroatoms. The van der Waals surface area contributed by atoms with Gasteiger partial charge in [-0.15, -0.1) is 0 Å². The standard InChI is InChI=1S/C16H10F2N2O2S/c17-15(7-1-3-13-11(15)5-9-19-13)23(21,22)16(18)8-2-4-14-12(16)6-10-20-14/h1-10H. The van der Waals surface area contributed by atoms with Crippen molar-refractivity contribution in [1.82, 2.24) is 0 Å². The van der Waals surface area contributed by atoms with E-state index in [1.165, 1.54) is 48.9 Å². The molecule has 4 rings (SSSR count). The van der Waals surface area contributed by atoms with E-state index in [4.69, 9.17) is 0 Å². The summed E-state index contributed by atoms with van der Waals surface area (Å²) in [7, 11) is -4.98. The van der Waals surface area contributed by atoms with Gasteiger partial charge in [-0.1, -0.05) is 12.2 Å². The molecule has 0 aromatic rings. The van der Waals surface area contributed by atoms with Crippen LogP contribution in [0.25, 0.3) is 0 Å². The number of sulfone groups is 1. The second kappa shape index (κ2) is 4.32. The third kappa shape index (κ3) is 1.60. The summed E-state index contributed by atoms with van der Waals surface area (Å²) in [6, 6.07) is 0. The van der Waals surface area contributed by atoms with Gasteiger partial charge in [0.25, 0.3) is 10.0 Å². The van der Waals surface area contributed by atoms with Crippen molar-refractivity contribution in [2.75, 3.05) is 0 Å². The number of allylic oxidation sites excluding steroid dienone is 8.